The molecule has 0 aliphatic carbocycles. The zero-order valence-electron chi connectivity index (χ0n) is 41.8. The molecule has 0 radical (unpaired) electrons. The topological polar surface area (TPSA) is 177 Å². The Morgan fingerprint density at radius 3 is 1.50 bits per heavy atom. The van der Waals surface area contributed by atoms with Gasteiger partial charge >= 0.3 is 0 Å². The van der Waals surface area contributed by atoms with E-state index in [1.807, 2.05) is 94.7 Å². The molecule has 6 aliphatic heterocycles. The number of Topliss-reactive ketones (excluding diaryl/α,β-unsaturated/α-hetero) is 1. The number of likely N-dealkylation sites (tertiary alicyclic amines) is 1. The Kier molecular flexibility index (Phi) is 19.0. The number of rotatable bonds is 12. The van der Waals surface area contributed by atoms with E-state index < -0.39 is 6.48 Å². The lowest BCUT2D eigenvalue weighted by Crippen LogP contribution is -2.46. The fraction of sp³-hybridized carbons (Fsp3) is 0.558. The quantitative estimate of drug-likeness (QED) is 0.196. The number of nitrogens with one attached hydrogen (secondary N) is 3. The van der Waals surface area contributed by atoms with E-state index >= 15 is 0 Å². The van der Waals surface area contributed by atoms with Gasteiger partial charge in [-0.25, -0.2) is 0 Å². The highest BCUT2D eigenvalue weighted by molar-refractivity contribution is 6.07. The minimum atomic E-state index is -0.514. The van der Waals surface area contributed by atoms with Crippen molar-refractivity contribution >= 4 is 29.4 Å². The molecule has 2 aromatic carbocycles. The highest BCUT2D eigenvalue weighted by atomic mass is 16.8. The fourth-order valence-corrected chi connectivity index (χ4v) is 9.02. The van der Waals surface area contributed by atoms with E-state index in [2.05, 4.69) is 59.3 Å². The van der Waals surface area contributed by atoms with Crippen LogP contribution >= 0.6 is 0 Å². The Hall–Kier alpha value is -5.55. The Labute approximate surface area is 402 Å². The van der Waals surface area contributed by atoms with E-state index in [1.54, 1.807) is 25.2 Å². The molecule has 6 atom stereocenters. The SMILES string of the molecule is CC(C)(C)OC1=CC(=O)N(C2CCNC2)[C@H]1Cc1ccccc1.COC(OC)OC.C[C@@H]1NC(=O)C=C1N1CCC(N2C(=O)C=C(OC(C)(C)C)[C@@H]2Cc2ccccc2)C1.C[C@@H]1NC(=O)CC1=O. The number of methoxy groups -OCH3 is 3. The number of ketones is 1. The molecule has 0 saturated carbocycles. The zero-order valence-corrected chi connectivity index (χ0v) is 41.8. The summed E-state index contributed by atoms with van der Waals surface area (Å²) in [7, 11) is 4.53. The molecule has 372 valence electrons. The fourth-order valence-electron chi connectivity index (χ4n) is 9.02. The molecule has 8 rings (SSSR count). The Balaban J connectivity index is 0.000000199. The second kappa shape index (κ2) is 24.1. The first-order chi connectivity index (χ1) is 32.2. The van der Waals surface area contributed by atoms with Crippen LogP contribution < -0.4 is 16.0 Å². The van der Waals surface area contributed by atoms with Crippen LogP contribution in [0.4, 0.5) is 0 Å². The smallest absolute Gasteiger partial charge is 0.270 e. The molecule has 3 fully saturated rings. The highest BCUT2D eigenvalue weighted by Crippen LogP contribution is 2.34. The molecule has 6 heterocycles. The number of ether oxygens (including phenoxy) is 5. The van der Waals surface area contributed by atoms with Crippen LogP contribution in [0.2, 0.25) is 0 Å². The normalized spacial score (nSPS) is 24.6. The van der Waals surface area contributed by atoms with Crippen molar-refractivity contribution in [2.75, 3.05) is 47.5 Å². The molecular weight excluding hydrogens is 869 g/mol. The zero-order chi connectivity index (χ0) is 49.8. The molecule has 2 unspecified atom stereocenters. The van der Waals surface area contributed by atoms with Gasteiger partial charge in [0.25, 0.3) is 18.3 Å². The molecule has 2 aromatic rings. The molecule has 0 aromatic heterocycles. The van der Waals surface area contributed by atoms with Crippen LogP contribution in [0.1, 0.15) is 85.8 Å². The van der Waals surface area contributed by atoms with Crippen molar-refractivity contribution in [1.29, 1.82) is 0 Å². The first-order valence-electron chi connectivity index (χ1n) is 23.6. The van der Waals surface area contributed by atoms with Crippen molar-refractivity contribution in [3.05, 3.63) is 107 Å². The minimum absolute atomic E-state index is 0.00463. The molecule has 4 amide bonds. The summed E-state index contributed by atoms with van der Waals surface area (Å²) in [5.74, 6) is 1.46. The number of benzene rings is 2. The van der Waals surface area contributed by atoms with Crippen LogP contribution in [-0.2, 0) is 60.5 Å². The predicted octanol–water partition coefficient (Wildman–Crippen LogP) is 4.79. The monoisotopic (exact) mass is 943 g/mol. The third kappa shape index (κ3) is 15.2. The van der Waals surface area contributed by atoms with E-state index in [0.29, 0.717) is 0 Å². The van der Waals surface area contributed by atoms with Gasteiger partial charge in [-0.1, -0.05) is 60.7 Å². The minimum Gasteiger partial charge on any atom is -0.490 e. The molecule has 16 heteroatoms. The summed E-state index contributed by atoms with van der Waals surface area (Å²) >= 11 is 0. The molecule has 68 heavy (non-hydrogen) atoms. The first-order valence-corrected chi connectivity index (χ1v) is 23.6. The van der Waals surface area contributed by atoms with Crippen LogP contribution in [-0.4, -0.2) is 146 Å². The van der Waals surface area contributed by atoms with Gasteiger partial charge in [-0.3, -0.25) is 24.0 Å². The average Bonchev–Trinajstić information content (AvgIpc) is 4.15. The summed E-state index contributed by atoms with van der Waals surface area (Å²) in [6.45, 7) is 18.7. The lowest BCUT2D eigenvalue weighted by atomic mass is 10.0. The maximum Gasteiger partial charge on any atom is 0.270 e. The van der Waals surface area contributed by atoms with E-state index in [1.165, 1.54) is 32.5 Å². The maximum atomic E-state index is 13.1. The maximum absolute atomic E-state index is 13.1. The standard InChI is InChI=1S/C24H31N3O3.C19H26N2O2.C5H7NO2.C4H10O3/c1-16-19(13-22(28)25-16)26-11-10-18(15-26)27-20(12-17-8-6-5-7-9-17)21(14-23(27)29)30-24(2,3)4;1-19(2,3)23-17-12-18(22)21(15-9-10-20-13-15)16(17)11-14-7-5-4-6-8-14;1-3-4(7)2-5(8)6-3;1-5-4(6-2)7-3/h5-9,13-14,16,18,20H,10-12,15H2,1-4H3,(H,25,28);4-8,12,15-16,20H,9-11,13H2,1-3H3;3H,2H2,1H3,(H,6,8);4H,1-3H3/t16-,18?,20-;15?,16-;3-;/m000./s1. The Morgan fingerprint density at radius 2 is 1.15 bits per heavy atom. The number of hydrogen-bond donors (Lipinski definition) is 3. The van der Waals surface area contributed by atoms with Gasteiger partial charge in [0.05, 0.1) is 36.6 Å². The average molecular weight is 943 g/mol. The second-order valence-corrected chi connectivity index (χ2v) is 19.7. The van der Waals surface area contributed by atoms with Crippen molar-refractivity contribution in [2.24, 2.45) is 0 Å². The van der Waals surface area contributed by atoms with Gasteiger partial charge in [-0.2, -0.15) is 0 Å². The summed E-state index contributed by atoms with van der Waals surface area (Å²) in [5.41, 5.74) is 2.77. The number of carbonyl (C=O) groups excluding carboxylic acids is 5. The Morgan fingerprint density at radius 1 is 0.647 bits per heavy atom. The van der Waals surface area contributed by atoms with Gasteiger partial charge in [0, 0.05) is 83.8 Å². The number of carbonyl (C=O) groups is 5. The summed E-state index contributed by atoms with van der Waals surface area (Å²) in [6, 6.07) is 20.6. The first kappa shape index (κ1) is 53.4. The van der Waals surface area contributed by atoms with Crippen molar-refractivity contribution < 1.29 is 47.7 Å². The van der Waals surface area contributed by atoms with Crippen LogP contribution in [0.3, 0.4) is 0 Å². The van der Waals surface area contributed by atoms with Gasteiger partial charge in [0.15, 0.2) is 5.78 Å². The second-order valence-electron chi connectivity index (χ2n) is 19.7. The van der Waals surface area contributed by atoms with E-state index in [4.69, 9.17) is 9.47 Å². The molecule has 0 spiro atoms. The summed E-state index contributed by atoms with van der Waals surface area (Å²) < 4.78 is 26.2. The van der Waals surface area contributed by atoms with Crippen molar-refractivity contribution in [2.45, 2.75) is 141 Å². The van der Waals surface area contributed by atoms with Gasteiger partial charge in [-0.15, -0.1) is 0 Å². The van der Waals surface area contributed by atoms with Gasteiger partial charge in [0.1, 0.15) is 22.7 Å². The molecule has 0 bridgehead atoms. The number of nitrogens with zero attached hydrogens (tertiary/aromatic N) is 3. The lowest BCUT2D eigenvalue weighted by molar-refractivity contribution is -0.252. The summed E-state index contributed by atoms with van der Waals surface area (Å²) in [6.07, 6.45) is 8.53. The summed E-state index contributed by atoms with van der Waals surface area (Å²) in [4.78, 5) is 64.5. The van der Waals surface area contributed by atoms with Crippen LogP contribution in [0.25, 0.3) is 0 Å². The molecule has 3 saturated heterocycles. The summed E-state index contributed by atoms with van der Waals surface area (Å²) in [5, 5.41) is 8.76. The van der Waals surface area contributed by atoms with Gasteiger partial charge < -0.3 is 54.3 Å². The third-order valence-corrected chi connectivity index (χ3v) is 12.0. The van der Waals surface area contributed by atoms with Crippen LogP contribution in [0.15, 0.2) is 96.1 Å². The molecule has 3 N–H and O–H groups in total. The van der Waals surface area contributed by atoms with E-state index in [-0.39, 0.29) is 83.3 Å². The molecular formula is C52H74N6O10. The lowest BCUT2D eigenvalue weighted by Gasteiger charge is -2.34. The molecule has 16 nitrogen and oxygen atoms in total. The van der Waals surface area contributed by atoms with Gasteiger partial charge in [-0.05, 0) is 85.9 Å². The van der Waals surface area contributed by atoms with Crippen molar-refractivity contribution in [3.63, 3.8) is 0 Å². The molecule has 6 aliphatic rings. The van der Waals surface area contributed by atoms with E-state index in [9.17, 15) is 24.0 Å². The largest absolute Gasteiger partial charge is 0.490 e. The predicted molar refractivity (Wildman–Crippen MR) is 258 cm³/mol. The van der Waals surface area contributed by atoms with Crippen molar-refractivity contribution in [1.82, 2.24) is 30.7 Å². The number of amides is 4. The van der Waals surface area contributed by atoms with Gasteiger partial charge in [0.2, 0.25) is 11.8 Å². The van der Waals surface area contributed by atoms with E-state index in [0.717, 1.165) is 69.1 Å². The Bertz CT molecular complexity index is 2120. The van der Waals surface area contributed by atoms with Crippen LogP contribution in [0, 0.1) is 0 Å². The third-order valence-electron chi connectivity index (χ3n) is 12.0. The number of hydrogen-bond acceptors (Lipinski definition) is 12. The van der Waals surface area contributed by atoms with Crippen molar-refractivity contribution in [3.8, 4) is 0 Å². The van der Waals surface area contributed by atoms with Crippen LogP contribution in [0.5, 0.6) is 0 Å². The highest BCUT2D eigenvalue weighted by Gasteiger charge is 2.44.